The van der Waals surface area contributed by atoms with Gasteiger partial charge in [0.1, 0.15) is 0 Å². The van der Waals surface area contributed by atoms with Gasteiger partial charge in [-0.25, -0.2) is 4.79 Å². The summed E-state index contributed by atoms with van der Waals surface area (Å²) in [7, 11) is 0. The van der Waals surface area contributed by atoms with Crippen LogP contribution in [0.25, 0.3) is 0 Å². The molecule has 0 spiro atoms. The highest BCUT2D eigenvalue weighted by Crippen LogP contribution is 2.28. The number of urea groups is 1. The molecule has 3 amide bonds. The third kappa shape index (κ3) is 5.70. The standard InChI is InChI=1S/C27H35N3O2/c1-2-20-13-15-25(16-14-20)29-27(32)30-17-7-10-23(19-30)21-8-6-9-22(18-21)26(31)28-24-11-4-3-5-12-24/h6,8-9,13-16,18,23-24H,2-5,7,10-12,17,19H2,1H3,(H,28,31)(H,29,32). The van der Waals surface area contributed by atoms with Crippen molar-refractivity contribution >= 4 is 17.6 Å². The summed E-state index contributed by atoms with van der Waals surface area (Å²) >= 11 is 0. The molecule has 1 unspecified atom stereocenters. The smallest absolute Gasteiger partial charge is 0.321 e. The van der Waals surface area contributed by atoms with Gasteiger partial charge in [0, 0.05) is 36.3 Å². The minimum atomic E-state index is -0.0508. The van der Waals surface area contributed by atoms with Crippen molar-refractivity contribution < 1.29 is 9.59 Å². The number of piperidine rings is 1. The molecule has 1 heterocycles. The van der Waals surface area contributed by atoms with Gasteiger partial charge in [0.05, 0.1) is 0 Å². The van der Waals surface area contributed by atoms with Gasteiger partial charge in [-0.2, -0.15) is 0 Å². The molecule has 2 N–H and O–H groups in total. The van der Waals surface area contributed by atoms with Crippen LogP contribution in [0.4, 0.5) is 10.5 Å². The Kier molecular flexibility index (Phi) is 7.46. The first-order valence-corrected chi connectivity index (χ1v) is 12.2. The fourth-order valence-electron chi connectivity index (χ4n) is 4.91. The molecule has 1 aliphatic carbocycles. The van der Waals surface area contributed by atoms with Gasteiger partial charge in [-0.1, -0.05) is 50.5 Å². The highest BCUT2D eigenvalue weighted by Gasteiger charge is 2.25. The lowest BCUT2D eigenvalue weighted by atomic mass is 9.89. The molecule has 2 aromatic carbocycles. The molecule has 0 bridgehead atoms. The number of nitrogens with zero attached hydrogens (tertiary/aromatic N) is 1. The average molecular weight is 434 g/mol. The third-order valence-corrected chi connectivity index (χ3v) is 6.88. The van der Waals surface area contributed by atoms with E-state index in [-0.39, 0.29) is 17.9 Å². The molecular formula is C27H35N3O2. The number of hydrogen-bond donors (Lipinski definition) is 2. The fraction of sp³-hybridized carbons (Fsp3) is 0.481. The van der Waals surface area contributed by atoms with Gasteiger partial charge < -0.3 is 15.5 Å². The Morgan fingerprint density at radius 3 is 2.50 bits per heavy atom. The van der Waals surface area contributed by atoms with Crippen molar-refractivity contribution in [2.24, 2.45) is 0 Å². The van der Waals surface area contributed by atoms with E-state index >= 15 is 0 Å². The van der Waals surface area contributed by atoms with Gasteiger partial charge in [0.25, 0.3) is 5.91 Å². The molecule has 2 fully saturated rings. The Morgan fingerprint density at radius 2 is 1.75 bits per heavy atom. The monoisotopic (exact) mass is 433 g/mol. The lowest BCUT2D eigenvalue weighted by Crippen LogP contribution is -2.41. The number of nitrogens with one attached hydrogen (secondary N) is 2. The summed E-state index contributed by atoms with van der Waals surface area (Å²) in [5.74, 6) is 0.277. The van der Waals surface area contributed by atoms with E-state index in [9.17, 15) is 9.59 Å². The number of carbonyl (C=O) groups excluding carboxylic acids is 2. The molecule has 5 nitrogen and oxygen atoms in total. The predicted molar refractivity (Wildman–Crippen MR) is 129 cm³/mol. The summed E-state index contributed by atoms with van der Waals surface area (Å²) in [4.78, 5) is 27.5. The Bertz CT molecular complexity index is 919. The van der Waals surface area contributed by atoms with E-state index in [1.807, 2.05) is 35.2 Å². The van der Waals surface area contributed by atoms with Crippen LogP contribution < -0.4 is 10.6 Å². The minimum Gasteiger partial charge on any atom is -0.349 e. The molecule has 170 valence electrons. The first kappa shape index (κ1) is 22.4. The van der Waals surface area contributed by atoms with Crippen LogP contribution in [0.15, 0.2) is 48.5 Å². The number of benzene rings is 2. The molecule has 0 radical (unpaired) electrons. The van der Waals surface area contributed by atoms with Crippen LogP contribution in [0.3, 0.4) is 0 Å². The summed E-state index contributed by atoms with van der Waals surface area (Å²) in [5, 5.41) is 6.25. The quantitative estimate of drug-likeness (QED) is 0.633. The van der Waals surface area contributed by atoms with E-state index in [4.69, 9.17) is 0 Å². The lowest BCUT2D eigenvalue weighted by molar-refractivity contribution is 0.0927. The van der Waals surface area contributed by atoms with Crippen molar-refractivity contribution in [2.45, 2.75) is 70.3 Å². The van der Waals surface area contributed by atoms with Gasteiger partial charge in [-0.05, 0) is 67.5 Å². The van der Waals surface area contributed by atoms with E-state index in [1.165, 1.54) is 24.8 Å². The van der Waals surface area contributed by atoms with Crippen LogP contribution in [-0.4, -0.2) is 36.0 Å². The summed E-state index contributed by atoms with van der Waals surface area (Å²) in [6.07, 6.45) is 8.82. The number of amides is 3. The molecule has 4 rings (SSSR count). The molecule has 32 heavy (non-hydrogen) atoms. The van der Waals surface area contributed by atoms with E-state index in [2.05, 4.69) is 35.8 Å². The zero-order valence-corrected chi connectivity index (χ0v) is 19.1. The SMILES string of the molecule is CCc1ccc(NC(=O)N2CCCC(c3cccc(C(=O)NC4CCCCC4)c3)C2)cc1. The van der Waals surface area contributed by atoms with Gasteiger partial charge >= 0.3 is 6.03 Å². The topological polar surface area (TPSA) is 61.4 Å². The van der Waals surface area contributed by atoms with Crippen molar-refractivity contribution in [1.82, 2.24) is 10.2 Å². The lowest BCUT2D eigenvalue weighted by Gasteiger charge is -2.33. The number of aryl methyl sites for hydroxylation is 1. The molecular weight excluding hydrogens is 398 g/mol. The van der Waals surface area contributed by atoms with Gasteiger partial charge in [-0.15, -0.1) is 0 Å². The molecule has 1 aliphatic heterocycles. The third-order valence-electron chi connectivity index (χ3n) is 6.88. The second-order valence-electron chi connectivity index (χ2n) is 9.20. The van der Waals surface area contributed by atoms with Crippen molar-refractivity contribution in [3.63, 3.8) is 0 Å². The van der Waals surface area contributed by atoms with Crippen LogP contribution in [0, 0.1) is 0 Å². The Morgan fingerprint density at radius 1 is 0.969 bits per heavy atom. The van der Waals surface area contributed by atoms with Crippen LogP contribution in [0.2, 0.25) is 0 Å². The largest absolute Gasteiger partial charge is 0.349 e. The first-order valence-electron chi connectivity index (χ1n) is 12.2. The second-order valence-corrected chi connectivity index (χ2v) is 9.20. The van der Waals surface area contributed by atoms with Crippen molar-refractivity contribution in [3.05, 3.63) is 65.2 Å². The summed E-state index contributed by atoms with van der Waals surface area (Å²) < 4.78 is 0. The molecule has 1 saturated heterocycles. The number of carbonyl (C=O) groups is 2. The highest BCUT2D eigenvalue weighted by atomic mass is 16.2. The van der Waals surface area contributed by atoms with E-state index in [0.717, 1.165) is 55.5 Å². The number of anilines is 1. The van der Waals surface area contributed by atoms with E-state index in [1.54, 1.807) is 0 Å². The van der Waals surface area contributed by atoms with Crippen LogP contribution in [-0.2, 0) is 6.42 Å². The Balaban J connectivity index is 1.37. The Hall–Kier alpha value is -2.82. The summed E-state index contributed by atoms with van der Waals surface area (Å²) in [5.41, 5.74) is 3.96. The maximum absolute atomic E-state index is 12.8. The Labute approximate surface area is 191 Å². The summed E-state index contributed by atoms with van der Waals surface area (Å²) in [6.45, 7) is 3.56. The molecule has 1 saturated carbocycles. The molecule has 2 aromatic rings. The van der Waals surface area contributed by atoms with Crippen LogP contribution >= 0.6 is 0 Å². The highest BCUT2D eigenvalue weighted by molar-refractivity contribution is 5.94. The van der Waals surface area contributed by atoms with Crippen LogP contribution in [0.1, 0.15) is 79.3 Å². The molecule has 1 atom stereocenters. The molecule has 0 aromatic heterocycles. The maximum Gasteiger partial charge on any atom is 0.321 e. The van der Waals surface area contributed by atoms with Crippen LogP contribution in [0.5, 0.6) is 0 Å². The normalized spacial score (nSPS) is 19.4. The van der Waals surface area contributed by atoms with E-state index < -0.39 is 0 Å². The zero-order valence-electron chi connectivity index (χ0n) is 19.1. The molecule has 5 heteroatoms. The number of likely N-dealkylation sites (tertiary alicyclic amines) is 1. The van der Waals surface area contributed by atoms with Gasteiger partial charge in [0.2, 0.25) is 0 Å². The van der Waals surface area contributed by atoms with Crippen molar-refractivity contribution in [2.75, 3.05) is 18.4 Å². The number of rotatable bonds is 5. The average Bonchev–Trinajstić information content (AvgIpc) is 2.85. The number of hydrogen-bond acceptors (Lipinski definition) is 2. The van der Waals surface area contributed by atoms with Crippen molar-refractivity contribution in [1.29, 1.82) is 0 Å². The second kappa shape index (κ2) is 10.7. The van der Waals surface area contributed by atoms with Crippen molar-refractivity contribution in [3.8, 4) is 0 Å². The van der Waals surface area contributed by atoms with Gasteiger partial charge in [0.15, 0.2) is 0 Å². The minimum absolute atomic E-state index is 0.0275. The maximum atomic E-state index is 12.8. The van der Waals surface area contributed by atoms with E-state index in [0.29, 0.717) is 12.6 Å². The zero-order chi connectivity index (χ0) is 22.3. The first-order chi connectivity index (χ1) is 15.6. The van der Waals surface area contributed by atoms with Gasteiger partial charge in [-0.3, -0.25) is 4.79 Å². The summed E-state index contributed by atoms with van der Waals surface area (Å²) in [6, 6.07) is 16.3. The molecule has 2 aliphatic rings. The predicted octanol–water partition coefficient (Wildman–Crippen LogP) is 5.72. The fourth-order valence-corrected chi connectivity index (χ4v) is 4.91.